The average molecular weight is 459 g/mol. The molecule has 0 aromatic rings. The van der Waals surface area contributed by atoms with E-state index >= 15 is 0 Å². The molecule has 0 amide bonds. The number of rotatable bonds is 5. The molecule has 0 radical (unpaired) electrons. The summed E-state index contributed by atoms with van der Waals surface area (Å²) in [5.74, 6) is 1.87. The lowest BCUT2D eigenvalue weighted by atomic mass is 9.38. The number of aliphatic hydroxyl groups excluding tert-OH is 1. The summed E-state index contributed by atoms with van der Waals surface area (Å²) in [6.45, 7) is 21.9. The normalized spacial score (nSPS) is 49.3. The van der Waals surface area contributed by atoms with Crippen molar-refractivity contribution in [3.05, 3.63) is 12.2 Å². The van der Waals surface area contributed by atoms with Crippen LogP contribution in [0.2, 0.25) is 0 Å². The molecular weight excluding hydrogens is 404 g/mol. The Morgan fingerprint density at radius 1 is 1.00 bits per heavy atom. The van der Waals surface area contributed by atoms with Gasteiger partial charge in [0.2, 0.25) is 0 Å². The van der Waals surface area contributed by atoms with Crippen molar-refractivity contribution in [2.45, 2.75) is 112 Å². The molecule has 0 unspecified atom stereocenters. The van der Waals surface area contributed by atoms with Crippen molar-refractivity contribution in [2.24, 2.45) is 50.6 Å². The summed E-state index contributed by atoms with van der Waals surface area (Å²) < 4.78 is 0. The van der Waals surface area contributed by atoms with E-state index in [0.717, 1.165) is 19.5 Å². The first-order valence-corrected chi connectivity index (χ1v) is 14.1. The molecule has 3 heteroatoms. The zero-order valence-electron chi connectivity index (χ0n) is 22.7. The van der Waals surface area contributed by atoms with E-state index in [0.29, 0.717) is 41.2 Å². The van der Waals surface area contributed by atoms with Crippen LogP contribution in [0, 0.1) is 44.8 Å². The molecule has 8 atom stereocenters. The molecule has 0 bridgehead atoms. The SMILES string of the molecule is C=C(C)[C@@H]1CC[C@]2(C)[C@H](CCN[C@H]3[C@@H]4CC(C)(C)CC[C@]4(CO)CC[C@]32C)[C@@]1(C)CCCN. The highest BCUT2D eigenvalue weighted by atomic mass is 16.3. The Bertz CT molecular complexity index is 748. The number of nitrogens with one attached hydrogen (secondary N) is 1. The maximum Gasteiger partial charge on any atom is 0.0490 e. The van der Waals surface area contributed by atoms with Gasteiger partial charge in [-0.15, -0.1) is 0 Å². The molecule has 1 heterocycles. The smallest absolute Gasteiger partial charge is 0.0490 e. The first-order chi connectivity index (χ1) is 15.4. The van der Waals surface area contributed by atoms with Gasteiger partial charge in [0.1, 0.15) is 0 Å². The van der Waals surface area contributed by atoms with Crippen LogP contribution in [0.1, 0.15) is 106 Å². The van der Waals surface area contributed by atoms with Gasteiger partial charge in [-0.25, -0.2) is 0 Å². The van der Waals surface area contributed by atoms with Gasteiger partial charge in [0, 0.05) is 12.6 Å². The van der Waals surface area contributed by atoms with Crippen molar-refractivity contribution in [3.8, 4) is 0 Å². The van der Waals surface area contributed by atoms with E-state index in [4.69, 9.17) is 5.73 Å². The van der Waals surface area contributed by atoms with Crippen LogP contribution in [-0.4, -0.2) is 30.8 Å². The molecule has 4 fully saturated rings. The Hall–Kier alpha value is -0.380. The van der Waals surface area contributed by atoms with Crippen LogP contribution < -0.4 is 11.1 Å². The number of hydrogen-bond donors (Lipinski definition) is 3. The molecule has 4 aliphatic rings. The Morgan fingerprint density at radius 2 is 1.70 bits per heavy atom. The maximum absolute atomic E-state index is 10.7. The molecule has 0 spiro atoms. The molecule has 4 rings (SSSR count). The maximum atomic E-state index is 10.7. The van der Waals surface area contributed by atoms with Gasteiger partial charge in [-0.1, -0.05) is 46.8 Å². The van der Waals surface area contributed by atoms with Gasteiger partial charge in [0.25, 0.3) is 0 Å². The van der Waals surface area contributed by atoms with Crippen LogP contribution in [0.3, 0.4) is 0 Å². The standard InChI is InChI=1S/C30H54N2O/c1-21(2)22-9-12-28(6)24(27(22,5)11-8-17-31)10-18-32-25-23-19-26(3,4)13-15-30(23,20-33)16-14-29(25,28)7/h22-25,32-33H,1,8-20,31H2,2-7H3/t22-,23-,24+,25-,27-,28+,29+,30+/m0/s1. The molecule has 33 heavy (non-hydrogen) atoms. The van der Waals surface area contributed by atoms with Gasteiger partial charge in [-0.2, -0.15) is 0 Å². The second-order valence-electron chi connectivity index (χ2n) is 14.4. The molecule has 1 saturated heterocycles. The highest BCUT2D eigenvalue weighted by molar-refractivity contribution is 5.20. The first-order valence-electron chi connectivity index (χ1n) is 14.1. The van der Waals surface area contributed by atoms with Crippen molar-refractivity contribution in [1.82, 2.24) is 5.32 Å². The van der Waals surface area contributed by atoms with E-state index in [1.807, 2.05) is 0 Å². The van der Waals surface area contributed by atoms with Crippen molar-refractivity contribution in [2.75, 3.05) is 19.7 Å². The molecule has 3 nitrogen and oxygen atoms in total. The van der Waals surface area contributed by atoms with Crippen molar-refractivity contribution in [1.29, 1.82) is 0 Å². The zero-order chi connectivity index (χ0) is 24.3. The minimum absolute atomic E-state index is 0.126. The Kier molecular flexibility index (Phi) is 6.72. The molecule has 3 saturated carbocycles. The molecule has 0 aromatic carbocycles. The van der Waals surface area contributed by atoms with Crippen LogP contribution in [0.5, 0.6) is 0 Å². The summed E-state index contributed by atoms with van der Waals surface area (Å²) in [6.07, 6.45) is 12.3. The van der Waals surface area contributed by atoms with E-state index < -0.39 is 0 Å². The van der Waals surface area contributed by atoms with Crippen LogP contribution >= 0.6 is 0 Å². The van der Waals surface area contributed by atoms with Gasteiger partial charge >= 0.3 is 0 Å². The monoisotopic (exact) mass is 458 g/mol. The largest absolute Gasteiger partial charge is 0.396 e. The Morgan fingerprint density at radius 3 is 2.33 bits per heavy atom. The number of nitrogens with two attached hydrogens (primary N) is 1. The van der Waals surface area contributed by atoms with Gasteiger partial charge < -0.3 is 16.2 Å². The fraction of sp³-hybridized carbons (Fsp3) is 0.933. The van der Waals surface area contributed by atoms with Crippen LogP contribution in [-0.2, 0) is 0 Å². The van der Waals surface area contributed by atoms with E-state index in [2.05, 4.69) is 53.4 Å². The van der Waals surface area contributed by atoms with Gasteiger partial charge in [-0.05, 0) is 129 Å². The van der Waals surface area contributed by atoms with Gasteiger partial charge in [0.15, 0.2) is 0 Å². The highest BCUT2D eigenvalue weighted by Gasteiger charge is 2.67. The van der Waals surface area contributed by atoms with Crippen molar-refractivity contribution >= 4 is 0 Å². The van der Waals surface area contributed by atoms with Crippen LogP contribution in [0.4, 0.5) is 0 Å². The lowest BCUT2D eigenvalue weighted by molar-refractivity contribution is -0.178. The molecule has 0 aromatic heterocycles. The minimum Gasteiger partial charge on any atom is -0.396 e. The number of allylic oxidation sites excluding steroid dienone is 1. The fourth-order valence-electron chi connectivity index (χ4n) is 10.1. The third-order valence-electron chi connectivity index (χ3n) is 12.3. The summed E-state index contributed by atoms with van der Waals surface area (Å²) in [5, 5.41) is 14.9. The van der Waals surface area contributed by atoms with E-state index in [1.165, 1.54) is 63.4 Å². The van der Waals surface area contributed by atoms with E-state index in [9.17, 15) is 5.11 Å². The van der Waals surface area contributed by atoms with E-state index in [-0.39, 0.29) is 16.2 Å². The minimum atomic E-state index is 0.126. The summed E-state index contributed by atoms with van der Waals surface area (Å²) in [4.78, 5) is 0. The topological polar surface area (TPSA) is 58.3 Å². The van der Waals surface area contributed by atoms with Gasteiger partial charge in [-0.3, -0.25) is 0 Å². The highest BCUT2D eigenvalue weighted by Crippen LogP contribution is 2.71. The molecule has 1 aliphatic heterocycles. The molecule has 190 valence electrons. The summed E-state index contributed by atoms with van der Waals surface area (Å²) >= 11 is 0. The quantitative estimate of drug-likeness (QED) is 0.423. The summed E-state index contributed by atoms with van der Waals surface area (Å²) in [7, 11) is 0. The second kappa shape index (κ2) is 8.63. The van der Waals surface area contributed by atoms with Crippen molar-refractivity contribution in [3.63, 3.8) is 0 Å². The van der Waals surface area contributed by atoms with E-state index in [1.54, 1.807) is 0 Å². The molecule has 4 N–H and O–H groups in total. The first kappa shape index (κ1) is 25.7. The third-order valence-corrected chi connectivity index (χ3v) is 12.3. The second-order valence-corrected chi connectivity index (χ2v) is 14.4. The number of aliphatic hydroxyl groups is 1. The van der Waals surface area contributed by atoms with Crippen LogP contribution in [0.15, 0.2) is 12.2 Å². The lowest BCUT2D eigenvalue weighted by Gasteiger charge is -2.68. The summed E-state index contributed by atoms with van der Waals surface area (Å²) in [6, 6.07) is 0.508. The predicted octanol–water partition coefficient (Wildman–Crippen LogP) is 6.31. The third kappa shape index (κ3) is 3.78. The lowest BCUT2D eigenvalue weighted by Crippen LogP contribution is -2.66. The zero-order valence-corrected chi connectivity index (χ0v) is 22.7. The number of fused-ring (bicyclic) bond motifs is 5. The molecular formula is C30H54N2O. The average Bonchev–Trinajstić information content (AvgIpc) is 2.87. The van der Waals surface area contributed by atoms with Crippen LogP contribution in [0.25, 0.3) is 0 Å². The predicted molar refractivity (Wildman–Crippen MR) is 140 cm³/mol. The fourth-order valence-corrected chi connectivity index (χ4v) is 10.1. The van der Waals surface area contributed by atoms with Crippen molar-refractivity contribution < 1.29 is 5.11 Å². The van der Waals surface area contributed by atoms with Gasteiger partial charge in [0.05, 0.1) is 0 Å². The Balaban J connectivity index is 1.77. The number of hydrogen-bond acceptors (Lipinski definition) is 3. The molecule has 3 aliphatic carbocycles. The summed E-state index contributed by atoms with van der Waals surface area (Å²) in [5.41, 5.74) is 8.78. The Labute approximate surface area is 204 Å².